The number of hydrogen-bond acceptors (Lipinski definition) is 4. The molecule has 4 nitrogen and oxygen atoms in total. The molecule has 0 unspecified atom stereocenters. The summed E-state index contributed by atoms with van der Waals surface area (Å²) in [5.41, 5.74) is 2.00. The molecule has 23 heavy (non-hydrogen) atoms. The third kappa shape index (κ3) is 4.35. The van der Waals surface area contributed by atoms with Gasteiger partial charge >= 0.3 is 0 Å². The van der Waals surface area contributed by atoms with Gasteiger partial charge in [0, 0.05) is 54.1 Å². The first-order valence-corrected chi connectivity index (χ1v) is 8.68. The zero-order valence-electron chi connectivity index (χ0n) is 13.5. The van der Waals surface area contributed by atoms with Crippen LogP contribution in [0.25, 0.3) is 10.9 Å². The molecular formula is C18H23ClN4. The highest BCUT2D eigenvalue weighted by molar-refractivity contribution is 6.31. The molecule has 1 aliphatic rings. The summed E-state index contributed by atoms with van der Waals surface area (Å²) in [6.45, 7) is 4.35. The lowest BCUT2D eigenvalue weighted by atomic mass is 10.1. The maximum Gasteiger partial charge on any atom is 0.0737 e. The molecule has 1 aromatic heterocycles. The molecule has 122 valence electrons. The van der Waals surface area contributed by atoms with Crippen molar-refractivity contribution in [2.45, 2.75) is 38.6 Å². The first-order valence-electron chi connectivity index (χ1n) is 8.30. The van der Waals surface area contributed by atoms with Gasteiger partial charge in [0.15, 0.2) is 0 Å². The fourth-order valence-electron chi connectivity index (χ4n) is 2.88. The van der Waals surface area contributed by atoms with Crippen molar-refractivity contribution in [3.8, 4) is 0 Å². The Kier molecular flexibility index (Phi) is 5.34. The first kappa shape index (κ1) is 16.1. The van der Waals surface area contributed by atoms with E-state index in [0.29, 0.717) is 11.1 Å². The molecule has 0 saturated carbocycles. The number of rotatable bonds is 5. The fraction of sp³-hybridized carbons (Fsp3) is 0.444. The van der Waals surface area contributed by atoms with Crippen LogP contribution >= 0.6 is 11.6 Å². The van der Waals surface area contributed by atoms with Crippen LogP contribution in [0.2, 0.25) is 5.02 Å². The summed E-state index contributed by atoms with van der Waals surface area (Å²) >= 11 is 6.04. The van der Waals surface area contributed by atoms with E-state index in [4.69, 9.17) is 11.6 Å². The molecule has 1 atom stereocenters. The number of aromatic nitrogens is 1. The highest BCUT2D eigenvalue weighted by Crippen LogP contribution is 2.25. The number of benzene rings is 1. The zero-order valence-corrected chi connectivity index (χ0v) is 14.3. The van der Waals surface area contributed by atoms with Crippen molar-refractivity contribution < 1.29 is 0 Å². The second kappa shape index (κ2) is 7.64. The highest BCUT2D eigenvalue weighted by atomic mass is 35.5. The first-order chi connectivity index (χ1) is 11.2. The van der Waals surface area contributed by atoms with Gasteiger partial charge in [-0.3, -0.25) is 9.99 Å². The zero-order chi connectivity index (χ0) is 16.1. The van der Waals surface area contributed by atoms with Crippen LogP contribution in [-0.2, 0) is 0 Å². The van der Waals surface area contributed by atoms with Crippen molar-refractivity contribution in [2.75, 3.05) is 18.4 Å². The molecule has 0 radical (unpaired) electrons. The molecule has 2 aromatic rings. The standard InChI is InChI=1S/C18H23ClN4/c1-14(7-10-21-23-11-3-2-4-12-23)22-17-8-9-20-18-13-15(19)5-6-16(17)18/h5-6,8-10,13-14H,2-4,7,11-12H2,1H3,(H,20,22)/b21-10-/t14-/m1/s1. The van der Waals surface area contributed by atoms with Gasteiger partial charge in [-0.1, -0.05) is 11.6 Å². The van der Waals surface area contributed by atoms with Crippen molar-refractivity contribution in [1.29, 1.82) is 0 Å². The lowest BCUT2D eigenvalue weighted by molar-refractivity contribution is 0.240. The van der Waals surface area contributed by atoms with Crippen molar-refractivity contribution in [2.24, 2.45) is 5.10 Å². The van der Waals surface area contributed by atoms with Gasteiger partial charge in [0.05, 0.1) is 5.52 Å². The molecule has 0 spiro atoms. The average molecular weight is 331 g/mol. The second-order valence-electron chi connectivity index (χ2n) is 6.11. The van der Waals surface area contributed by atoms with Crippen LogP contribution < -0.4 is 5.32 Å². The Bertz CT molecular complexity index is 680. The fourth-order valence-corrected chi connectivity index (χ4v) is 3.05. The lowest BCUT2D eigenvalue weighted by Gasteiger charge is -2.23. The van der Waals surface area contributed by atoms with Gasteiger partial charge in [0.2, 0.25) is 0 Å². The minimum atomic E-state index is 0.310. The van der Waals surface area contributed by atoms with E-state index in [9.17, 15) is 0 Å². The molecule has 5 heteroatoms. The van der Waals surface area contributed by atoms with E-state index in [0.717, 1.165) is 36.1 Å². The SMILES string of the molecule is C[C@H](C/C=N\N1CCCCC1)Nc1ccnc2cc(Cl)ccc12. The van der Waals surface area contributed by atoms with E-state index < -0.39 is 0 Å². The number of piperidine rings is 1. The van der Waals surface area contributed by atoms with Crippen LogP contribution in [0.1, 0.15) is 32.6 Å². The number of hydrogen-bond donors (Lipinski definition) is 1. The summed E-state index contributed by atoms with van der Waals surface area (Å²) in [5.74, 6) is 0. The van der Waals surface area contributed by atoms with E-state index in [1.807, 2.05) is 36.7 Å². The Morgan fingerprint density at radius 1 is 1.30 bits per heavy atom. The van der Waals surface area contributed by atoms with E-state index in [2.05, 4.69) is 27.3 Å². The Balaban J connectivity index is 1.61. The predicted octanol–water partition coefficient (Wildman–Crippen LogP) is 4.55. The summed E-state index contributed by atoms with van der Waals surface area (Å²) < 4.78 is 0. The molecule has 0 bridgehead atoms. The molecule has 2 heterocycles. The maximum atomic E-state index is 6.04. The van der Waals surface area contributed by atoms with E-state index in [-0.39, 0.29) is 0 Å². The Labute approximate surface area is 142 Å². The predicted molar refractivity (Wildman–Crippen MR) is 98.4 cm³/mol. The number of hydrazone groups is 1. The topological polar surface area (TPSA) is 40.5 Å². The molecule has 1 aliphatic heterocycles. The van der Waals surface area contributed by atoms with Gasteiger partial charge in [-0.2, -0.15) is 5.10 Å². The minimum Gasteiger partial charge on any atom is -0.382 e. The summed E-state index contributed by atoms with van der Waals surface area (Å²) in [4.78, 5) is 4.38. The van der Waals surface area contributed by atoms with Gasteiger partial charge in [-0.05, 0) is 50.5 Å². The van der Waals surface area contributed by atoms with Crippen LogP contribution in [-0.4, -0.2) is 35.3 Å². The Hall–Kier alpha value is -1.81. The van der Waals surface area contributed by atoms with Crippen molar-refractivity contribution in [1.82, 2.24) is 9.99 Å². The molecule has 1 saturated heterocycles. The van der Waals surface area contributed by atoms with Crippen LogP contribution in [0.4, 0.5) is 5.69 Å². The summed E-state index contributed by atoms with van der Waals surface area (Å²) in [7, 11) is 0. The summed E-state index contributed by atoms with van der Waals surface area (Å²) in [6.07, 6.45) is 8.60. The minimum absolute atomic E-state index is 0.310. The molecular weight excluding hydrogens is 308 g/mol. The van der Waals surface area contributed by atoms with E-state index >= 15 is 0 Å². The van der Waals surface area contributed by atoms with Crippen molar-refractivity contribution in [3.05, 3.63) is 35.5 Å². The molecule has 1 fully saturated rings. The van der Waals surface area contributed by atoms with Crippen LogP contribution in [0, 0.1) is 0 Å². The number of anilines is 1. The van der Waals surface area contributed by atoms with Crippen LogP contribution in [0.5, 0.6) is 0 Å². The third-order valence-electron chi connectivity index (χ3n) is 4.14. The van der Waals surface area contributed by atoms with Gasteiger partial charge in [-0.25, -0.2) is 0 Å². The van der Waals surface area contributed by atoms with Crippen molar-refractivity contribution >= 4 is 34.4 Å². The van der Waals surface area contributed by atoms with Crippen LogP contribution in [0.15, 0.2) is 35.6 Å². The monoisotopic (exact) mass is 330 g/mol. The van der Waals surface area contributed by atoms with Gasteiger partial charge in [0.1, 0.15) is 0 Å². The molecule has 3 rings (SSSR count). The second-order valence-corrected chi connectivity index (χ2v) is 6.55. The largest absolute Gasteiger partial charge is 0.382 e. The average Bonchev–Trinajstić information content (AvgIpc) is 2.56. The summed E-state index contributed by atoms with van der Waals surface area (Å²) in [6, 6.07) is 8.13. The molecule has 0 aliphatic carbocycles. The van der Waals surface area contributed by atoms with Crippen LogP contribution in [0.3, 0.4) is 0 Å². The lowest BCUT2D eigenvalue weighted by Crippen LogP contribution is -2.25. The normalized spacial score (nSPS) is 16.9. The number of nitrogens with one attached hydrogen (secondary N) is 1. The smallest absolute Gasteiger partial charge is 0.0737 e. The van der Waals surface area contributed by atoms with Gasteiger partial charge < -0.3 is 5.32 Å². The molecule has 0 amide bonds. The maximum absolute atomic E-state index is 6.04. The molecule has 1 aromatic carbocycles. The van der Waals surface area contributed by atoms with Crippen molar-refractivity contribution in [3.63, 3.8) is 0 Å². The third-order valence-corrected chi connectivity index (χ3v) is 4.38. The Morgan fingerprint density at radius 2 is 2.13 bits per heavy atom. The Morgan fingerprint density at radius 3 is 2.96 bits per heavy atom. The number of nitrogens with zero attached hydrogens (tertiary/aromatic N) is 3. The number of fused-ring (bicyclic) bond motifs is 1. The number of pyridine rings is 1. The quantitative estimate of drug-likeness (QED) is 0.817. The van der Waals surface area contributed by atoms with Gasteiger partial charge in [0.25, 0.3) is 0 Å². The highest BCUT2D eigenvalue weighted by Gasteiger charge is 2.08. The van der Waals surface area contributed by atoms with Gasteiger partial charge in [-0.15, -0.1) is 0 Å². The summed E-state index contributed by atoms with van der Waals surface area (Å²) in [5, 5.41) is 12.1. The van der Waals surface area contributed by atoms with E-state index in [1.165, 1.54) is 19.3 Å². The number of halogens is 1. The van der Waals surface area contributed by atoms with E-state index in [1.54, 1.807) is 0 Å². The molecule has 1 N–H and O–H groups in total.